The van der Waals surface area contributed by atoms with Crippen LogP contribution in [0.3, 0.4) is 0 Å². The van der Waals surface area contributed by atoms with Gasteiger partial charge in [-0.3, -0.25) is 9.59 Å². The van der Waals surface area contributed by atoms with Gasteiger partial charge in [0.15, 0.2) is 0 Å². The number of nitrogens with zero attached hydrogens (tertiary/aromatic N) is 1. The number of rotatable bonds is 1. The summed E-state index contributed by atoms with van der Waals surface area (Å²) in [6.07, 6.45) is 0. The lowest BCUT2D eigenvalue weighted by Gasteiger charge is -2.51. The van der Waals surface area contributed by atoms with Crippen molar-refractivity contribution in [2.45, 2.75) is 10.2 Å². The van der Waals surface area contributed by atoms with Crippen molar-refractivity contribution in [3.8, 4) is 0 Å². The summed E-state index contributed by atoms with van der Waals surface area (Å²) in [5.74, 6) is -1.48. The first-order valence-electron chi connectivity index (χ1n) is 9.55. The Morgan fingerprint density at radius 2 is 1.34 bits per heavy atom. The fourth-order valence-electron chi connectivity index (χ4n) is 5.55. The van der Waals surface area contributed by atoms with Crippen molar-refractivity contribution in [3.63, 3.8) is 0 Å². The molecule has 1 saturated heterocycles. The van der Waals surface area contributed by atoms with E-state index in [4.69, 9.17) is 11.6 Å². The lowest BCUT2D eigenvalue weighted by Crippen LogP contribution is -2.50. The van der Waals surface area contributed by atoms with Gasteiger partial charge in [-0.1, -0.05) is 88.2 Å². The van der Waals surface area contributed by atoms with E-state index < -0.39 is 16.2 Å². The highest BCUT2D eigenvalue weighted by atomic mass is 79.9. The average molecular weight is 465 g/mol. The maximum atomic E-state index is 13.7. The van der Waals surface area contributed by atoms with E-state index in [0.29, 0.717) is 10.7 Å². The van der Waals surface area contributed by atoms with Crippen molar-refractivity contribution >= 4 is 45.0 Å². The zero-order chi connectivity index (χ0) is 19.9. The van der Waals surface area contributed by atoms with Gasteiger partial charge in [-0.05, 0) is 34.4 Å². The van der Waals surface area contributed by atoms with Gasteiger partial charge in [-0.2, -0.15) is 0 Å². The second-order valence-corrected chi connectivity index (χ2v) is 9.49. The highest BCUT2D eigenvalue weighted by molar-refractivity contribution is 9.09. The van der Waals surface area contributed by atoms with Crippen LogP contribution in [0.5, 0.6) is 0 Å². The van der Waals surface area contributed by atoms with E-state index >= 15 is 0 Å². The molecule has 3 aliphatic carbocycles. The van der Waals surface area contributed by atoms with Crippen LogP contribution in [0.1, 0.15) is 28.2 Å². The largest absolute Gasteiger partial charge is 0.274 e. The second kappa shape index (κ2) is 5.80. The minimum atomic E-state index is -0.734. The van der Waals surface area contributed by atoms with Crippen molar-refractivity contribution in [1.82, 2.24) is 0 Å². The van der Waals surface area contributed by atoms with Crippen molar-refractivity contribution in [2.75, 3.05) is 4.90 Å². The van der Waals surface area contributed by atoms with Crippen LogP contribution in [0, 0.1) is 11.8 Å². The van der Waals surface area contributed by atoms with Crippen LogP contribution in [0.25, 0.3) is 0 Å². The van der Waals surface area contributed by atoms with Gasteiger partial charge in [0.2, 0.25) is 11.8 Å². The number of hydrogen-bond donors (Lipinski definition) is 0. The predicted octanol–water partition coefficient (Wildman–Crippen LogP) is 5.24. The molecule has 7 rings (SSSR count). The lowest BCUT2D eigenvalue weighted by atomic mass is 9.55. The first-order valence-corrected chi connectivity index (χ1v) is 10.7. The number of amides is 2. The molecule has 3 aromatic rings. The van der Waals surface area contributed by atoms with Gasteiger partial charge in [0.25, 0.3) is 0 Å². The Bertz CT molecular complexity index is 1180. The number of carbonyl (C=O) groups is 2. The van der Waals surface area contributed by atoms with Crippen molar-refractivity contribution in [3.05, 3.63) is 100 Å². The summed E-state index contributed by atoms with van der Waals surface area (Å²) in [7, 11) is 0. The first kappa shape index (κ1) is 17.4. The van der Waals surface area contributed by atoms with E-state index in [1.807, 2.05) is 24.3 Å². The Morgan fingerprint density at radius 3 is 1.97 bits per heavy atom. The molecule has 2 unspecified atom stereocenters. The Labute approximate surface area is 181 Å². The molecule has 2 atom stereocenters. The lowest BCUT2D eigenvalue weighted by molar-refractivity contribution is -0.122. The molecule has 2 bridgehead atoms. The molecular weight excluding hydrogens is 450 g/mol. The third-order valence-electron chi connectivity index (χ3n) is 6.61. The molecule has 0 radical (unpaired) electrons. The summed E-state index contributed by atoms with van der Waals surface area (Å²) >= 11 is 10.4. The van der Waals surface area contributed by atoms with Crippen LogP contribution in [0.2, 0.25) is 5.02 Å². The van der Waals surface area contributed by atoms with Crippen molar-refractivity contribution in [1.29, 1.82) is 0 Å². The van der Waals surface area contributed by atoms with Gasteiger partial charge in [0.1, 0.15) is 0 Å². The minimum Gasteiger partial charge on any atom is -0.274 e. The van der Waals surface area contributed by atoms with Gasteiger partial charge in [0, 0.05) is 5.92 Å². The molecule has 4 aliphatic rings. The fourth-order valence-corrected chi connectivity index (χ4v) is 6.97. The number of alkyl halides is 1. The standard InChI is InChI=1S/C24H15BrClNO2/c25-24-15-9-3-1-7-13(15)19(14-8-2-4-10-16(14)24)20-21(24)23(29)27(22(20)28)18-12-6-5-11-17(18)26/h1-12,19-21H. The molecule has 3 nitrogen and oxygen atoms in total. The average Bonchev–Trinajstić information content (AvgIpc) is 3.01. The topological polar surface area (TPSA) is 37.4 Å². The monoisotopic (exact) mass is 463 g/mol. The van der Waals surface area contributed by atoms with Gasteiger partial charge in [-0.25, -0.2) is 4.90 Å². The second-order valence-electron chi connectivity index (χ2n) is 7.83. The number of imide groups is 1. The summed E-state index contributed by atoms with van der Waals surface area (Å²) < 4.78 is -0.734. The molecule has 5 heteroatoms. The molecule has 0 aromatic heterocycles. The van der Waals surface area contributed by atoms with E-state index in [1.54, 1.807) is 24.3 Å². The third kappa shape index (κ3) is 1.99. The summed E-state index contributed by atoms with van der Waals surface area (Å²) in [5, 5.41) is 0.402. The number of anilines is 1. The van der Waals surface area contributed by atoms with Gasteiger partial charge in [0.05, 0.1) is 26.9 Å². The molecule has 2 amide bonds. The highest BCUT2D eigenvalue weighted by Crippen LogP contribution is 2.66. The Hall–Kier alpha value is -2.43. The van der Waals surface area contributed by atoms with E-state index in [0.717, 1.165) is 22.3 Å². The van der Waals surface area contributed by atoms with Gasteiger partial charge < -0.3 is 0 Å². The summed E-state index contributed by atoms with van der Waals surface area (Å²) in [6, 6.07) is 23.3. The Morgan fingerprint density at radius 1 is 0.793 bits per heavy atom. The number of para-hydroxylation sites is 1. The van der Waals surface area contributed by atoms with Crippen LogP contribution in [0.15, 0.2) is 72.8 Å². The van der Waals surface area contributed by atoms with Crippen LogP contribution in [-0.2, 0) is 13.9 Å². The third-order valence-corrected chi connectivity index (χ3v) is 8.27. The molecular formula is C24H15BrClNO2. The number of halogens is 2. The Kier molecular flexibility index (Phi) is 3.49. The van der Waals surface area contributed by atoms with E-state index in [1.165, 1.54) is 4.90 Å². The maximum absolute atomic E-state index is 13.7. The zero-order valence-electron chi connectivity index (χ0n) is 15.2. The summed E-state index contributed by atoms with van der Waals surface area (Å²) in [4.78, 5) is 28.7. The van der Waals surface area contributed by atoms with Crippen LogP contribution in [0.4, 0.5) is 5.69 Å². The molecule has 3 aromatic carbocycles. The number of benzene rings is 3. The summed E-state index contributed by atoms with van der Waals surface area (Å²) in [6.45, 7) is 0. The normalized spacial score (nSPS) is 28.9. The molecule has 29 heavy (non-hydrogen) atoms. The van der Waals surface area contributed by atoms with Crippen LogP contribution >= 0.6 is 27.5 Å². The molecule has 0 spiro atoms. The number of hydrogen-bond acceptors (Lipinski definition) is 2. The molecule has 1 fully saturated rings. The minimum absolute atomic E-state index is 0.143. The maximum Gasteiger partial charge on any atom is 0.239 e. The van der Waals surface area contributed by atoms with Crippen LogP contribution < -0.4 is 4.90 Å². The fraction of sp³-hybridized carbons (Fsp3) is 0.167. The predicted molar refractivity (Wildman–Crippen MR) is 115 cm³/mol. The van der Waals surface area contributed by atoms with E-state index in [-0.39, 0.29) is 17.7 Å². The summed E-state index contributed by atoms with van der Waals surface area (Å²) in [5.41, 5.74) is 4.85. The molecule has 0 N–H and O–H groups in total. The zero-order valence-corrected chi connectivity index (χ0v) is 17.5. The van der Waals surface area contributed by atoms with E-state index in [9.17, 15) is 9.59 Å². The smallest absolute Gasteiger partial charge is 0.239 e. The Balaban J connectivity index is 1.64. The van der Waals surface area contributed by atoms with E-state index in [2.05, 4.69) is 40.2 Å². The molecule has 0 saturated carbocycles. The molecule has 1 heterocycles. The van der Waals surface area contributed by atoms with Crippen LogP contribution in [-0.4, -0.2) is 11.8 Å². The quantitative estimate of drug-likeness (QED) is 0.365. The molecule has 1 aliphatic heterocycles. The SMILES string of the molecule is O=C1C2C3c4ccccc4C(Br)(c4ccccc43)C2C(=O)N1c1ccccc1Cl. The molecule has 142 valence electrons. The van der Waals surface area contributed by atoms with Crippen molar-refractivity contribution < 1.29 is 9.59 Å². The van der Waals surface area contributed by atoms with Gasteiger partial charge >= 0.3 is 0 Å². The first-order chi connectivity index (χ1) is 14.0. The van der Waals surface area contributed by atoms with Crippen molar-refractivity contribution in [2.24, 2.45) is 11.8 Å². The highest BCUT2D eigenvalue weighted by Gasteiger charge is 2.67. The van der Waals surface area contributed by atoms with Gasteiger partial charge in [-0.15, -0.1) is 0 Å². The number of carbonyl (C=O) groups excluding carboxylic acids is 2.